The number of para-hydroxylation sites is 1. The summed E-state index contributed by atoms with van der Waals surface area (Å²) in [5, 5.41) is 1.68. The topological polar surface area (TPSA) is 52.2 Å². The number of nitrogens with zero attached hydrogens (tertiary/aromatic N) is 3. The number of benzene rings is 2. The summed E-state index contributed by atoms with van der Waals surface area (Å²) in [6.45, 7) is 1.53. The number of hydrogen-bond donors (Lipinski definition) is 1. The Labute approximate surface area is 176 Å². The Morgan fingerprint density at radius 2 is 2.00 bits per heavy atom. The molecule has 5 nitrogen and oxygen atoms in total. The van der Waals surface area contributed by atoms with Crippen LogP contribution in [-0.2, 0) is 0 Å². The van der Waals surface area contributed by atoms with Gasteiger partial charge in [0.05, 0.1) is 15.8 Å². The Morgan fingerprint density at radius 3 is 2.82 bits per heavy atom. The van der Waals surface area contributed by atoms with Crippen LogP contribution in [0.5, 0.6) is 0 Å². The van der Waals surface area contributed by atoms with Crippen molar-refractivity contribution >= 4 is 59.4 Å². The van der Waals surface area contributed by atoms with Gasteiger partial charge < -0.3 is 9.88 Å². The smallest absolute Gasteiger partial charge is 0.262 e. The van der Waals surface area contributed by atoms with E-state index in [9.17, 15) is 4.79 Å². The fourth-order valence-electron chi connectivity index (χ4n) is 3.22. The predicted octanol–water partition coefficient (Wildman–Crippen LogP) is 5.14. The third-order valence-electron chi connectivity index (χ3n) is 4.62. The molecular weight excluding hydrogens is 436 g/mol. The number of rotatable bonds is 6. The fourth-order valence-corrected chi connectivity index (χ4v) is 4.77. The van der Waals surface area contributed by atoms with Crippen LogP contribution in [-0.4, -0.2) is 48.0 Å². The fraction of sp³-hybridized carbons (Fsp3) is 0.238. The standard InChI is InChI=1S/C21H21BrN4OS/c1-25(2)10-5-11-26(21-24-18-9-8-14(22)12-19(18)28-21)20(27)16-13-23-17-7-4-3-6-15(16)17/h3-4,6-9,12-13,23H,5,10-11H2,1-2H3. The molecule has 28 heavy (non-hydrogen) atoms. The average Bonchev–Trinajstić information content (AvgIpc) is 3.28. The first-order valence-corrected chi connectivity index (χ1v) is 10.7. The zero-order valence-electron chi connectivity index (χ0n) is 15.8. The number of fused-ring (bicyclic) bond motifs is 2. The van der Waals surface area contributed by atoms with E-state index in [4.69, 9.17) is 4.98 Å². The predicted molar refractivity (Wildman–Crippen MR) is 120 cm³/mol. The van der Waals surface area contributed by atoms with Gasteiger partial charge in [0, 0.05) is 28.1 Å². The normalized spacial score (nSPS) is 11.6. The number of thiazole rings is 1. The third kappa shape index (κ3) is 3.83. The molecule has 4 rings (SSSR count). The summed E-state index contributed by atoms with van der Waals surface area (Å²) in [6.07, 6.45) is 2.68. The second-order valence-corrected chi connectivity index (χ2v) is 8.89. The molecule has 0 unspecified atom stereocenters. The lowest BCUT2D eigenvalue weighted by Gasteiger charge is -2.20. The van der Waals surface area contributed by atoms with Crippen molar-refractivity contribution in [3.63, 3.8) is 0 Å². The number of halogens is 1. The highest BCUT2D eigenvalue weighted by atomic mass is 79.9. The zero-order chi connectivity index (χ0) is 19.7. The molecule has 1 N–H and O–H groups in total. The van der Waals surface area contributed by atoms with Gasteiger partial charge in [0.15, 0.2) is 5.13 Å². The molecule has 2 aromatic carbocycles. The quantitative estimate of drug-likeness (QED) is 0.436. The van der Waals surface area contributed by atoms with Crippen LogP contribution < -0.4 is 4.90 Å². The molecule has 0 spiro atoms. The van der Waals surface area contributed by atoms with E-state index in [0.29, 0.717) is 12.1 Å². The number of aromatic amines is 1. The van der Waals surface area contributed by atoms with Crippen molar-refractivity contribution in [1.82, 2.24) is 14.9 Å². The third-order valence-corrected chi connectivity index (χ3v) is 6.16. The lowest BCUT2D eigenvalue weighted by Crippen LogP contribution is -2.33. The molecule has 0 aliphatic heterocycles. The molecule has 0 saturated carbocycles. The molecule has 0 saturated heterocycles. The van der Waals surface area contributed by atoms with Gasteiger partial charge in [0.25, 0.3) is 5.91 Å². The van der Waals surface area contributed by atoms with Gasteiger partial charge in [-0.2, -0.15) is 0 Å². The van der Waals surface area contributed by atoms with Crippen molar-refractivity contribution in [2.75, 3.05) is 32.1 Å². The molecule has 0 aliphatic rings. The molecule has 0 radical (unpaired) electrons. The molecule has 1 amide bonds. The number of amides is 1. The highest BCUT2D eigenvalue weighted by Crippen LogP contribution is 2.32. The maximum atomic E-state index is 13.5. The highest BCUT2D eigenvalue weighted by molar-refractivity contribution is 9.10. The van der Waals surface area contributed by atoms with Gasteiger partial charge in [-0.25, -0.2) is 4.98 Å². The number of aromatic nitrogens is 2. The highest BCUT2D eigenvalue weighted by Gasteiger charge is 2.23. The molecule has 7 heteroatoms. The van der Waals surface area contributed by atoms with Gasteiger partial charge in [0.2, 0.25) is 0 Å². The minimum atomic E-state index is -0.0191. The molecular formula is C21H21BrN4OS. The maximum absolute atomic E-state index is 13.5. The second kappa shape index (κ2) is 8.03. The molecule has 0 atom stereocenters. The lowest BCUT2D eigenvalue weighted by molar-refractivity contribution is 0.0987. The Balaban J connectivity index is 1.72. The molecule has 2 heterocycles. The van der Waals surface area contributed by atoms with E-state index in [0.717, 1.165) is 43.7 Å². The maximum Gasteiger partial charge on any atom is 0.262 e. The Kier molecular flexibility index (Phi) is 5.48. The van der Waals surface area contributed by atoms with Gasteiger partial charge in [-0.05, 0) is 51.3 Å². The van der Waals surface area contributed by atoms with Crippen molar-refractivity contribution in [1.29, 1.82) is 0 Å². The van der Waals surface area contributed by atoms with Crippen LogP contribution in [0.25, 0.3) is 21.1 Å². The molecule has 144 valence electrons. The zero-order valence-corrected chi connectivity index (χ0v) is 18.2. The van der Waals surface area contributed by atoms with Crippen molar-refractivity contribution in [3.8, 4) is 0 Å². The van der Waals surface area contributed by atoms with Crippen LogP contribution in [0.1, 0.15) is 16.8 Å². The van der Waals surface area contributed by atoms with Crippen molar-refractivity contribution in [3.05, 3.63) is 58.7 Å². The van der Waals surface area contributed by atoms with Crippen LogP contribution in [0.2, 0.25) is 0 Å². The van der Waals surface area contributed by atoms with Crippen LogP contribution in [0.4, 0.5) is 5.13 Å². The monoisotopic (exact) mass is 456 g/mol. The summed E-state index contributed by atoms with van der Waals surface area (Å²) >= 11 is 5.06. The van der Waals surface area contributed by atoms with E-state index in [2.05, 4.69) is 25.8 Å². The number of hydrogen-bond acceptors (Lipinski definition) is 4. The van der Waals surface area contributed by atoms with Crippen LogP contribution >= 0.6 is 27.3 Å². The largest absolute Gasteiger partial charge is 0.360 e. The van der Waals surface area contributed by atoms with Crippen LogP contribution in [0.15, 0.2) is 53.1 Å². The lowest BCUT2D eigenvalue weighted by atomic mass is 10.1. The van der Waals surface area contributed by atoms with Crippen molar-refractivity contribution in [2.24, 2.45) is 0 Å². The van der Waals surface area contributed by atoms with E-state index in [1.165, 1.54) is 0 Å². The van der Waals surface area contributed by atoms with Crippen LogP contribution in [0, 0.1) is 0 Å². The van der Waals surface area contributed by atoms with Crippen molar-refractivity contribution < 1.29 is 4.79 Å². The van der Waals surface area contributed by atoms with E-state index in [-0.39, 0.29) is 5.91 Å². The Bertz CT molecular complexity index is 1130. The molecule has 0 aliphatic carbocycles. The van der Waals surface area contributed by atoms with E-state index >= 15 is 0 Å². The summed E-state index contributed by atoms with van der Waals surface area (Å²) in [6, 6.07) is 13.9. The summed E-state index contributed by atoms with van der Waals surface area (Å²) < 4.78 is 2.08. The molecule has 4 aromatic rings. The average molecular weight is 457 g/mol. The summed E-state index contributed by atoms with van der Waals surface area (Å²) in [4.78, 5) is 25.4. The van der Waals surface area contributed by atoms with Gasteiger partial charge in [-0.1, -0.05) is 45.5 Å². The Hall–Kier alpha value is -2.22. The van der Waals surface area contributed by atoms with Crippen LogP contribution in [0.3, 0.4) is 0 Å². The SMILES string of the molecule is CN(C)CCCN(C(=O)c1c[nH]c2ccccc12)c1nc2ccc(Br)cc2s1. The first-order valence-electron chi connectivity index (χ1n) is 9.12. The minimum absolute atomic E-state index is 0.0191. The minimum Gasteiger partial charge on any atom is -0.360 e. The second-order valence-electron chi connectivity index (χ2n) is 6.97. The first-order chi connectivity index (χ1) is 13.5. The van der Waals surface area contributed by atoms with E-state index in [1.807, 2.05) is 61.5 Å². The Morgan fingerprint density at radius 1 is 1.18 bits per heavy atom. The molecule has 0 bridgehead atoms. The summed E-state index contributed by atoms with van der Waals surface area (Å²) in [5.41, 5.74) is 2.56. The number of H-pyrrole nitrogens is 1. The number of carbonyl (C=O) groups excluding carboxylic acids is 1. The molecule has 0 fully saturated rings. The van der Waals surface area contributed by atoms with Gasteiger partial charge in [-0.15, -0.1) is 0 Å². The van der Waals surface area contributed by atoms with Gasteiger partial charge >= 0.3 is 0 Å². The van der Waals surface area contributed by atoms with Gasteiger partial charge in [-0.3, -0.25) is 9.69 Å². The number of carbonyl (C=O) groups is 1. The first kappa shape index (κ1) is 19.1. The van der Waals surface area contributed by atoms with Gasteiger partial charge in [0.1, 0.15) is 0 Å². The number of anilines is 1. The van der Waals surface area contributed by atoms with E-state index in [1.54, 1.807) is 17.5 Å². The summed E-state index contributed by atoms with van der Waals surface area (Å²) in [7, 11) is 4.09. The molecule has 2 aromatic heterocycles. The number of nitrogens with one attached hydrogen (secondary N) is 1. The van der Waals surface area contributed by atoms with Crippen molar-refractivity contribution in [2.45, 2.75) is 6.42 Å². The van der Waals surface area contributed by atoms with E-state index < -0.39 is 0 Å². The summed E-state index contributed by atoms with van der Waals surface area (Å²) in [5.74, 6) is -0.0191.